The minimum Gasteiger partial charge on any atom is -0.392 e. The zero-order chi connectivity index (χ0) is 10.9. The minimum atomic E-state index is -0.277. The van der Waals surface area contributed by atoms with Crippen LogP contribution in [0.2, 0.25) is 0 Å². The molecule has 0 saturated heterocycles. The van der Waals surface area contributed by atoms with Crippen LogP contribution in [-0.4, -0.2) is 35.8 Å². The van der Waals surface area contributed by atoms with Crippen LogP contribution < -0.4 is 10.6 Å². The van der Waals surface area contributed by atoms with Gasteiger partial charge in [-0.1, -0.05) is 6.07 Å². The summed E-state index contributed by atoms with van der Waals surface area (Å²) in [6, 6.07) is 5.89. The molecule has 4 heteroatoms. The molecule has 0 unspecified atom stereocenters. The lowest BCUT2D eigenvalue weighted by atomic mass is 10.3. The fraction of sp³-hybridized carbons (Fsp3) is 0.545. The van der Waals surface area contributed by atoms with E-state index in [-0.39, 0.29) is 6.10 Å². The summed E-state index contributed by atoms with van der Waals surface area (Å²) in [5.74, 6) is 0. The summed E-state index contributed by atoms with van der Waals surface area (Å²) in [6.07, 6.45) is 1.52. The summed E-state index contributed by atoms with van der Waals surface area (Å²) in [5, 5.41) is 15.4. The second-order valence-corrected chi connectivity index (χ2v) is 3.55. The number of nitrogens with one attached hydrogen (secondary N) is 2. The predicted octanol–water partition coefficient (Wildman–Crippen LogP) is 0.142. The van der Waals surface area contributed by atoms with Gasteiger partial charge in [-0.2, -0.15) is 0 Å². The Morgan fingerprint density at radius 3 is 2.80 bits per heavy atom. The van der Waals surface area contributed by atoms with Crippen molar-refractivity contribution < 1.29 is 5.11 Å². The Labute approximate surface area is 90.7 Å². The van der Waals surface area contributed by atoms with E-state index in [1.54, 1.807) is 13.1 Å². The molecule has 4 nitrogen and oxygen atoms in total. The van der Waals surface area contributed by atoms with E-state index in [2.05, 4.69) is 15.6 Å². The van der Waals surface area contributed by atoms with Gasteiger partial charge in [0.15, 0.2) is 0 Å². The molecule has 0 aliphatic heterocycles. The van der Waals surface area contributed by atoms with Crippen LogP contribution in [0.25, 0.3) is 0 Å². The van der Waals surface area contributed by atoms with Gasteiger partial charge in [-0.3, -0.25) is 4.98 Å². The highest BCUT2D eigenvalue weighted by Crippen LogP contribution is 1.90. The first-order chi connectivity index (χ1) is 7.29. The van der Waals surface area contributed by atoms with Crippen molar-refractivity contribution in [1.29, 1.82) is 0 Å². The predicted molar refractivity (Wildman–Crippen MR) is 60.5 cm³/mol. The van der Waals surface area contributed by atoms with Gasteiger partial charge in [0, 0.05) is 32.4 Å². The van der Waals surface area contributed by atoms with Crippen LogP contribution in [0.1, 0.15) is 12.6 Å². The number of pyridine rings is 1. The number of rotatable bonds is 7. The van der Waals surface area contributed by atoms with Gasteiger partial charge in [-0.05, 0) is 19.1 Å². The Balaban J connectivity index is 1.98. The zero-order valence-corrected chi connectivity index (χ0v) is 9.11. The Morgan fingerprint density at radius 1 is 1.33 bits per heavy atom. The van der Waals surface area contributed by atoms with Crippen LogP contribution in [0.3, 0.4) is 0 Å². The van der Waals surface area contributed by atoms with Crippen LogP contribution in [0, 0.1) is 0 Å². The Bertz CT molecular complexity index is 251. The van der Waals surface area contributed by atoms with Crippen molar-refractivity contribution in [2.24, 2.45) is 0 Å². The fourth-order valence-corrected chi connectivity index (χ4v) is 1.21. The Hall–Kier alpha value is -0.970. The molecule has 1 aromatic heterocycles. The summed E-state index contributed by atoms with van der Waals surface area (Å²) < 4.78 is 0. The molecule has 84 valence electrons. The second kappa shape index (κ2) is 7.34. The normalized spacial score (nSPS) is 12.7. The first kappa shape index (κ1) is 12.1. The lowest BCUT2D eigenvalue weighted by Gasteiger charge is -2.07. The maximum atomic E-state index is 8.99. The third-order valence-electron chi connectivity index (χ3n) is 1.95. The van der Waals surface area contributed by atoms with Crippen molar-refractivity contribution in [3.63, 3.8) is 0 Å². The molecule has 1 heterocycles. The fourth-order valence-electron chi connectivity index (χ4n) is 1.21. The molecule has 1 aromatic rings. The number of aromatic nitrogens is 1. The maximum Gasteiger partial charge on any atom is 0.0636 e. The molecule has 1 rings (SSSR count). The molecular formula is C11H19N3O. The second-order valence-electron chi connectivity index (χ2n) is 3.55. The van der Waals surface area contributed by atoms with Gasteiger partial charge >= 0.3 is 0 Å². The van der Waals surface area contributed by atoms with Gasteiger partial charge in [0.1, 0.15) is 0 Å². The Kier molecular flexibility index (Phi) is 5.92. The smallest absolute Gasteiger partial charge is 0.0636 e. The quantitative estimate of drug-likeness (QED) is 0.559. The van der Waals surface area contributed by atoms with Gasteiger partial charge in [0.05, 0.1) is 11.8 Å². The Morgan fingerprint density at radius 2 is 2.13 bits per heavy atom. The maximum absolute atomic E-state index is 8.99. The summed E-state index contributed by atoms with van der Waals surface area (Å²) in [4.78, 5) is 4.20. The van der Waals surface area contributed by atoms with Crippen molar-refractivity contribution in [3.8, 4) is 0 Å². The highest BCUT2D eigenvalue weighted by molar-refractivity contribution is 5.02. The average Bonchev–Trinajstić information content (AvgIpc) is 2.24. The molecule has 0 aliphatic rings. The van der Waals surface area contributed by atoms with Gasteiger partial charge < -0.3 is 15.7 Å². The lowest BCUT2D eigenvalue weighted by Crippen LogP contribution is -2.31. The van der Waals surface area contributed by atoms with Crippen LogP contribution in [0.15, 0.2) is 24.4 Å². The zero-order valence-electron chi connectivity index (χ0n) is 9.11. The molecule has 0 spiro atoms. The molecule has 3 N–H and O–H groups in total. The van der Waals surface area contributed by atoms with Gasteiger partial charge in [0.2, 0.25) is 0 Å². The summed E-state index contributed by atoms with van der Waals surface area (Å²) in [6.45, 7) is 4.94. The third-order valence-corrected chi connectivity index (χ3v) is 1.95. The molecule has 0 fully saturated rings. The minimum absolute atomic E-state index is 0.277. The van der Waals surface area contributed by atoms with Crippen molar-refractivity contribution >= 4 is 0 Å². The number of hydrogen-bond donors (Lipinski definition) is 3. The molecule has 0 radical (unpaired) electrons. The van der Waals surface area contributed by atoms with Crippen molar-refractivity contribution in [1.82, 2.24) is 15.6 Å². The molecular weight excluding hydrogens is 190 g/mol. The standard InChI is InChI=1S/C11H19N3O/c1-10(15)8-12-6-7-13-9-11-4-2-3-5-14-11/h2-5,10,12-13,15H,6-9H2,1H3/t10-/m1/s1. The molecule has 0 saturated carbocycles. The number of nitrogens with zero attached hydrogens (tertiary/aromatic N) is 1. The van der Waals surface area contributed by atoms with E-state index in [0.717, 1.165) is 25.3 Å². The summed E-state index contributed by atoms with van der Waals surface area (Å²) in [7, 11) is 0. The van der Waals surface area contributed by atoms with Gasteiger partial charge in [-0.15, -0.1) is 0 Å². The van der Waals surface area contributed by atoms with E-state index in [0.29, 0.717) is 6.54 Å². The highest BCUT2D eigenvalue weighted by atomic mass is 16.3. The van der Waals surface area contributed by atoms with Gasteiger partial charge in [-0.25, -0.2) is 0 Å². The number of aliphatic hydroxyl groups is 1. The number of aliphatic hydroxyl groups excluding tert-OH is 1. The monoisotopic (exact) mass is 209 g/mol. The first-order valence-electron chi connectivity index (χ1n) is 5.28. The van der Waals surface area contributed by atoms with Crippen LogP contribution in [-0.2, 0) is 6.54 Å². The van der Waals surface area contributed by atoms with Crippen molar-refractivity contribution in [2.45, 2.75) is 19.6 Å². The average molecular weight is 209 g/mol. The first-order valence-corrected chi connectivity index (χ1v) is 5.28. The topological polar surface area (TPSA) is 57.2 Å². The summed E-state index contributed by atoms with van der Waals surface area (Å²) >= 11 is 0. The van der Waals surface area contributed by atoms with E-state index in [4.69, 9.17) is 5.11 Å². The van der Waals surface area contributed by atoms with Gasteiger partial charge in [0.25, 0.3) is 0 Å². The highest BCUT2D eigenvalue weighted by Gasteiger charge is 1.94. The van der Waals surface area contributed by atoms with E-state index in [1.165, 1.54) is 0 Å². The number of hydrogen-bond acceptors (Lipinski definition) is 4. The summed E-state index contributed by atoms with van der Waals surface area (Å²) in [5.41, 5.74) is 1.05. The van der Waals surface area contributed by atoms with E-state index < -0.39 is 0 Å². The molecule has 0 amide bonds. The molecule has 15 heavy (non-hydrogen) atoms. The largest absolute Gasteiger partial charge is 0.392 e. The van der Waals surface area contributed by atoms with Crippen LogP contribution >= 0.6 is 0 Å². The van der Waals surface area contributed by atoms with Crippen molar-refractivity contribution in [2.75, 3.05) is 19.6 Å². The van der Waals surface area contributed by atoms with Crippen LogP contribution in [0.5, 0.6) is 0 Å². The molecule has 0 bridgehead atoms. The van der Waals surface area contributed by atoms with E-state index in [9.17, 15) is 0 Å². The molecule has 0 aromatic carbocycles. The molecule has 0 aliphatic carbocycles. The third kappa shape index (κ3) is 6.17. The van der Waals surface area contributed by atoms with Crippen LogP contribution in [0.4, 0.5) is 0 Å². The van der Waals surface area contributed by atoms with E-state index >= 15 is 0 Å². The lowest BCUT2D eigenvalue weighted by molar-refractivity contribution is 0.191. The van der Waals surface area contributed by atoms with E-state index in [1.807, 2.05) is 18.2 Å². The molecule has 1 atom stereocenters. The SMILES string of the molecule is C[C@@H](O)CNCCNCc1ccccn1. The van der Waals surface area contributed by atoms with Crippen molar-refractivity contribution in [3.05, 3.63) is 30.1 Å².